The quantitative estimate of drug-likeness (QED) is 0.400. The fraction of sp³-hybridized carbons (Fsp3) is 0.579. The second kappa shape index (κ2) is 9.42. The number of aliphatic imine (C=N–C) groups is 1. The van der Waals surface area contributed by atoms with Gasteiger partial charge in [0.2, 0.25) is 5.91 Å². The smallest absolute Gasteiger partial charge is 0.220 e. The molecule has 0 aliphatic carbocycles. The number of carbonyl (C=O) groups excluding carboxylic acids is 1. The SMILES string of the molecule is Cc1cc(C)cc(NC(N)=NCCCCN2CCC(C(N)=O)CC2)c1. The fourth-order valence-corrected chi connectivity index (χ4v) is 3.32. The normalized spacial score (nSPS) is 16.8. The second-order valence-corrected chi connectivity index (χ2v) is 6.99. The summed E-state index contributed by atoms with van der Waals surface area (Å²) < 4.78 is 0. The van der Waals surface area contributed by atoms with E-state index >= 15 is 0 Å². The number of nitrogens with two attached hydrogens (primary N) is 2. The molecule has 1 aliphatic heterocycles. The van der Waals surface area contributed by atoms with Crippen molar-refractivity contribution in [2.45, 2.75) is 39.5 Å². The number of piperidine rings is 1. The van der Waals surface area contributed by atoms with Crippen molar-refractivity contribution in [1.82, 2.24) is 4.90 Å². The van der Waals surface area contributed by atoms with Crippen molar-refractivity contribution in [2.24, 2.45) is 22.4 Å². The van der Waals surface area contributed by atoms with Crippen molar-refractivity contribution in [3.8, 4) is 0 Å². The van der Waals surface area contributed by atoms with Crippen molar-refractivity contribution < 1.29 is 4.79 Å². The van der Waals surface area contributed by atoms with Crippen molar-refractivity contribution in [3.05, 3.63) is 29.3 Å². The number of aryl methyl sites for hydroxylation is 2. The zero-order valence-corrected chi connectivity index (χ0v) is 15.4. The van der Waals surface area contributed by atoms with Gasteiger partial charge >= 0.3 is 0 Å². The molecule has 0 atom stereocenters. The van der Waals surface area contributed by atoms with E-state index in [0.29, 0.717) is 5.96 Å². The molecule has 2 rings (SSSR count). The van der Waals surface area contributed by atoms with E-state index in [1.807, 2.05) is 0 Å². The summed E-state index contributed by atoms with van der Waals surface area (Å²) >= 11 is 0. The van der Waals surface area contributed by atoms with Crippen molar-refractivity contribution in [2.75, 3.05) is 31.5 Å². The predicted molar refractivity (Wildman–Crippen MR) is 104 cm³/mol. The molecule has 1 heterocycles. The number of likely N-dealkylation sites (tertiary alicyclic amines) is 1. The molecule has 0 aromatic heterocycles. The van der Waals surface area contributed by atoms with Gasteiger partial charge in [-0.25, -0.2) is 0 Å². The van der Waals surface area contributed by atoms with Gasteiger partial charge in [0.05, 0.1) is 0 Å². The van der Waals surface area contributed by atoms with Crippen LogP contribution in [0.25, 0.3) is 0 Å². The van der Waals surface area contributed by atoms with E-state index in [1.54, 1.807) is 0 Å². The third-order valence-corrected chi connectivity index (χ3v) is 4.65. The Morgan fingerprint density at radius 1 is 1.16 bits per heavy atom. The average molecular weight is 345 g/mol. The van der Waals surface area contributed by atoms with Crippen LogP contribution in [0.5, 0.6) is 0 Å². The van der Waals surface area contributed by atoms with Gasteiger partial charge in [0, 0.05) is 18.2 Å². The number of rotatable bonds is 7. The van der Waals surface area contributed by atoms with Crippen LogP contribution in [0.15, 0.2) is 23.2 Å². The van der Waals surface area contributed by atoms with Gasteiger partial charge in [-0.2, -0.15) is 0 Å². The maximum atomic E-state index is 11.2. The maximum Gasteiger partial charge on any atom is 0.220 e. The number of carbonyl (C=O) groups is 1. The maximum absolute atomic E-state index is 11.2. The number of nitrogens with zero attached hydrogens (tertiary/aromatic N) is 2. The highest BCUT2D eigenvalue weighted by Crippen LogP contribution is 2.17. The Bertz CT molecular complexity index is 586. The van der Waals surface area contributed by atoms with Crippen molar-refractivity contribution in [1.29, 1.82) is 0 Å². The lowest BCUT2D eigenvalue weighted by atomic mass is 9.96. The summed E-state index contributed by atoms with van der Waals surface area (Å²) in [6.45, 7) is 7.84. The lowest BCUT2D eigenvalue weighted by Gasteiger charge is -2.30. The van der Waals surface area contributed by atoms with Crippen molar-refractivity contribution in [3.63, 3.8) is 0 Å². The molecule has 0 bridgehead atoms. The summed E-state index contributed by atoms with van der Waals surface area (Å²) in [5.41, 5.74) is 14.7. The number of unbranched alkanes of at least 4 members (excludes halogenated alkanes) is 1. The highest BCUT2D eigenvalue weighted by molar-refractivity contribution is 5.92. The van der Waals surface area contributed by atoms with Crippen LogP contribution in [0, 0.1) is 19.8 Å². The average Bonchev–Trinajstić information content (AvgIpc) is 2.54. The predicted octanol–water partition coefficient (Wildman–Crippen LogP) is 2.01. The van der Waals surface area contributed by atoms with Crippen LogP contribution in [0.3, 0.4) is 0 Å². The van der Waals surface area contributed by atoms with E-state index in [9.17, 15) is 4.79 Å². The molecule has 0 spiro atoms. The monoisotopic (exact) mass is 345 g/mol. The Kier molecular flexibility index (Phi) is 7.25. The van der Waals surface area contributed by atoms with Gasteiger partial charge in [-0.1, -0.05) is 6.07 Å². The van der Waals surface area contributed by atoms with E-state index in [1.165, 1.54) is 11.1 Å². The number of primary amides is 1. The zero-order valence-electron chi connectivity index (χ0n) is 15.4. The van der Waals surface area contributed by atoms with Crippen LogP contribution < -0.4 is 16.8 Å². The molecule has 5 N–H and O–H groups in total. The Morgan fingerprint density at radius 3 is 2.40 bits per heavy atom. The molecule has 25 heavy (non-hydrogen) atoms. The molecule has 0 saturated carbocycles. The molecule has 1 aromatic carbocycles. The van der Waals surface area contributed by atoms with Gasteiger partial charge in [0.15, 0.2) is 5.96 Å². The number of hydrogen-bond acceptors (Lipinski definition) is 3. The van der Waals surface area contributed by atoms with Gasteiger partial charge in [-0.15, -0.1) is 0 Å². The Balaban J connectivity index is 1.63. The molecule has 1 aliphatic rings. The molecule has 1 saturated heterocycles. The molecule has 1 aromatic rings. The highest BCUT2D eigenvalue weighted by atomic mass is 16.1. The zero-order chi connectivity index (χ0) is 18.2. The fourth-order valence-electron chi connectivity index (χ4n) is 3.32. The first-order valence-corrected chi connectivity index (χ1v) is 9.11. The number of anilines is 1. The topological polar surface area (TPSA) is 96.7 Å². The van der Waals surface area contributed by atoms with Crippen LogP contribution in [0.1, 0.15) is 36.8 Å². The summed E-state index contributed by atoms with van der Waals surface area (Å²) in [6.07, 6.45) is 3.87. The van der Waals surface area contributed by atoms with Gasteiger partial charge in [-0.05, 0) is 82.4 Å². The largest absolute Gasteiger partial charge is 0.370 e. The van der Waals surface area contributed by atoms with Gasteiger partial charge in [0.25, 0.3) is 0 Å². The second-order valence-electron chi connectivity index (χ2n) is 6.99. The molecule has 1 amide bonds. The van der Waals surface area contributed by atoms with Gasteiger partial charge < -0.3 is 21.7 Å². The van der Waals surface area contributed by atoms with E-state index in [4.69, 9.17) is 11.5 Å². The summed E-state index contributed by atoms with van der Waals surface area (Å²) in [5, 5.41) is 3.15. The first kappa shape index (κ1) is 19.2. The molecule has 6 heteroatoms. The lowest BCUT2D eigenvalue weighted by Crippen LogP contribution is -2.38. The van der Waals surface area contributed by atoms with Crippen LogP contribution in [-0.4, -0.2) is 42.9 Å². The number of guanidine groups is 1. The van der Waals surface area contributed by atoms with E-state index in [-0.39, 0.29) is 11.8 Å². The molecule has 138 valence electrons. The van der Waals surface area contributed by atoms with E-state index in [0.717, 1.165) is 57.5 Å². The standard InChI is InChI=1S/C19H31N5O/c1-14-11-15(2)13-17(12-14)23-19(21)22-7-3-4-8-24-9-5-16(6-10-24)18(20)25/h11-13,16H,3-10H2,1-2H3,(H2,20,25)(H3,21,22,23). The van der Waals surface area contributed by atoms with Crippen LogP contribution >= 0.6 is 0 Å². The molecule has 6 nitrogen and oxygen atoms in total. The van der Waals surface area contributed by atoms with Crippen LogP contribution in [0.2, 0.25) is 0 Å². The number of benzene rings is 1. The summed E-state index contributed by atoms with van der Waals surface area (Å²) in [6, 6.07) is 6.25. The highest BCUT2D eigenvalue weighted by Gasteiger charge is 2.22. The molecular formula is C19H31N5O. The summed E-state index contributed by atoms with van der Waals surface area (Å²) in [7, 11) is 0. The minimum Gasteiger partial charge on any atom is -0.370 e. The van der Waals surface area contributed by atoms with Crippen LogP contribution in [0.4, 0.5) is 5.69 Å². The third-order valence-electron chi connectivity index (χ3n) is 4.65. The lowest BCUT2D eigenvalue weighted by molar-refractivity contribution is -0.123. The first-order valence-electron chi connectivity index (χ1n) is 9.11. The van der Waals surface area contributed by atoms with Crippen molar-refractivity contribution >= 4 is 17.6 Å². The number of hydrogen-bond donors (Lipinski definition) is 3. The third kappa shape index (κ3) is 6.74. The molecule has 0 unspecified atom stereocenters. The van der Waals surface area contributed by atoms with E-state index in [2.05, 4.69) is 47.3 Å². The Labute approximate surface area is 150 Å². The van der Waals surface area contributed by atoms with Gasteiger partial charge in [0.1, 0.15) is 0 Å². The first-order chi connectivity index (χ1) is 11.9. The number of nitrogens with one attached hydrogen (secondary N) is 1. The minimum absolute atomic E-state index is 0.0667. The molecule has 0 radical (unpaired) electrons. The summed E-state index contributed by atoms with van der Waals surface area (Å²) in [4.78, 5) is 18.0. The Hall–Kier alpha value is -2.08. The molecule has 1 fully saturated rings. The summed E-state index contributed by atoms with van der Waals surface area (Å²) in [5.74, 6) is 0.380. The van der Waals surface area contributed by atoms with Crippen LogP contribution in [-0.2, 0) is 4.79 Å². The van der Waals surface area contributed by atoms with Gasteiger partial charge in [-0.3, -0.25) is 9.79 Å². The Morgan fingerprint density at radius 2 is 1.80 bits per heavy atom. The number of amides is 1. The molecular weight excluding hydrogens is 314 g/mol. The minimum atomic E-state index is -0.152. The van der Waals surface area contributed by atoms with E-state index < -0.39 is 0 Å².